The molecular formula is C18H28N8O3. The number of amides is 4. The van der Waals surface area contributed by atoms with Crippen LogP contribution >= 0.6 is 0 Å². The highest BCUT2D eigenvalue weighted by Gasteiger charge is 2.20. The molecule has 6 N–H and O–H groups in total. The molecule has 0 aromatic carbocycles. The molecule has 0 radical (unpaired) electrons. The highest BCUT2D eigenvalue weighted by atomic mass is 16.2. The Kier molecular flexibility index (Phi) is 8.34. The largest absolute Gasteiger partial charge is 0.368 e. The molecule has 11 heteroatoms. The van der Waals surface area contributed by atoms with Crippen molar-refractivity contribution in [1.29, 1.82) is 0 Å². The van der Waals surface area contributed by atoms with Gasteiger partial charge in [0.05, 0.1) is 0 Å². The Balaban J connectivity index is 2.02. The molecule has 1 aliphatic rings. The number of carbonyl (C=O) groups excluding carboxylic acids is 3. The summed E-state index contributed by atoms with van der Waals surface area (Å²) < 4.78 is 0. The fourth-order valence-electron chi connectivity index (χ4n) is 2.76. The Bertz CT molecular complexity index is 732. The Morgan fingerprint density at radius 1 is 1.21 bits per heavy atom. The van der Waals surface area contributed by atoms with Crippen molar-refractivity contribution in [1.82, 2.24) is 31.5 Å². The van der Waals surface area contributed by atoms with Gasteiger partial charge in [-0.2, -0.15) is 0 Å². The molecule has 1 aromatic heterocycles. The summed E-state index contributed by atoms with van der Waals surface area (Å²) in [4.78, 5) is 39.9. The van der Waals surface area contributed by atoms with Gasteiger partial charge in [0.2, 0.25) is 11.9 Å². The molecule has 2 heterocycles. The number of hydrogen-bond acceptors (Lipinski definition) is 6. The maximum atomic E-state index is 12.4. The lowest BCUT2D eigenvalue weighted by atomic mass is 10.0. The van der Waals surface area contributed by atoms with Crippen LogP contribution in [-0.2, 0) is 4.79 Å². The molecule has 1 atom stereocenters. The number of hydrazine groups is 1. The number of rotatable bonds is 7. The molecule has 1 aliphatic heterocycles. The lowest BCUT2D eigenvalue weighted by Crippen LogP contribution is -2.51. The van der Waals surface area contributed by atoms with E-state index in [-0.39, 0.29) is 11.9 Å². The van der Waals surface area contributed by atoms with E-state index in [0.717, 1.165) is 25.9 Å². The van der Waals surface area contributed by atoms with Gasteiger partial charge in [-0.3, -0.25) is 25.3 Å². The van der Waals surface area contributed by atoms with Gasteiger partial charge in [0.1, 0.15) is 6.04 Å². The first-order valence-corrected chi connectivity index (χ1v) is 9.51. The molecule has 1 fully saturated rings. The zero-order chi connectivity index (χ0) is 21.2. The van der Waals surface area contributed by atoms with Crippen LogP contribution in [0.5, 0.6) is 0 Å². The lowest BCUT2D eigenvalue weighted by Gasteiger charge is -2.20. The normalized spacial score (nSPS) is 15.6. The molecule has 158 valence electrons. The average Bonchev–Trinajstić information content (AvgIpc) is 3.19. The third-order valence-electron chi connectivity index (χ3n) is 4.17. The number of urea groups is 1. The number of hydrazone groups is 1. The topological polar surface area (TPSA) is 154 Å². The Labute approximate surface area is 169 Å². The molecule has 2 rings (SSSR count). The zero-order valence-corrected chi connectivity index (χ0v) is 16.6. The Morgan fingerprint density at radius 3 is 2.45 bits per heavy atom. The average molecular weight is 404 g/mol. The van der Waals surface area contributed by atoms with Gasteiger partial charge in [-0.05, 0) is 37.3 Å². The van der Waals surface area contributed by atoms with Crippen LogP contribution in [-0.4, -0.2) is 52.9 Å². The van der Waals surface area contributed by atoms with E-state index in [1.165, 1.54) is 12.4 Å². The highest BCUT2D eigenvalue weighted by Crippen LogP contribution is 2.05. The van der Waals surface area contributed by atoms with Crippen molar-refractivity contribution in [3.63, 3.8) is 0 Å². The number of carbonyl (C=O) groups is 3. The van der Waals surface area contributed by atoms with E-state index in [2.05, 4.69) is 31.6 Å². The quantitative estimate of drug-likeness (QED) is 0.243. The summed E-state index contributed by atoms with van der Waals surface area (Å²) in [5.74, 6) is -0.805. The van der Waals surface area contributed by atoms with Gasteiger partial charge in [0, 0.05) is 31.0 Å². The molecule has 0 unspecified atom stereocenters. The molecule has 0 saturated carbocycles. The van der Waals surface area contributed by atoms with E-state index < -0.39 is 23.9 Å². The Hall–Kier alpha value is -3.21. The first-order valence-electron chi connectivity index (χ1n) is 9.51. The first-order chi connectivity index (χ1) is 13.8. The van der Waals surface area contributed by atoms with E-state index >= 15 is 0 Å². The molecule has 29 heavy (non-hydrogen) atoms. The fraction of sp³-hybridized carbons (Fsp3) is 0.500. The molecule has 0 spiro atoms. The van der Waals surface area contributed by atoms with E-state index in [0.29, 0.717) is 12.0 Å². The van der Waals surface area contributed by atoms with Crippen LogP contribution in [0.3, 0.4) is 0 Å². The van der Waals surface area contributed by atoms with Crippen molar-refractivity contribution < 1.29 is 14.4 Å². The van der Waals surface area contributed by atoms with E-state index in [1.807, 2.05) is 18.9 Å². The summed E-state index contributed by atoms with van der Waals surface area (Å²) >= 11 is 0. The summed E-state index contributed by atoms with van der Waals surface area (Å²) in [6.45, 7) is 5.41. The number of nitrogens with one attached hydrogen (secondary N) is 4. The minimum atomic E-state index is -0.813. The van der Waals surface area contributed by atoms with Crippen LogP contribution in [0.2, 0.25) is 0 Å². The van der Waals surface area contributed by atoms with Crippen molar-refractivity contribution in [3.8, 4) is 0 Å². The van der Waals surface area contributed by atoms with Crippen LogP contribution in [0.25, 0.3) is 0 Å². The van der Waals surface area contributed by atoms with E-state index in [9.17, 15) is 14.4 Å². The van der Waals surface area contributed by atoms with Gasteiger partial charge in [-0.25, -0.2) is 15.2 Å². The van der Waals surface area contributed by atoms with E-state index in [1.54, 1.807) is 12.1 Å². The van der Waals surface area contributed by atoms with Crippen molar-refractivity contribution in [2.24, 2.45) is 16.8 Å². The highest BCUT2D eigenvalue weighted by molar-refractivity contribution is 6.05. The van der Waals surface area contributed by atoms with Crippen molar-refractivity contribution >= 4 is 23.8 Å². The number of nitrogens with zero attached hydrogens (tertiary/aromatic N) is 3. The fourth-order valence-corrected chi connectivity index (χ4v) is 2.76. The third kappa shape index (κ3) is 7.74. The SMILES string of the molecule is CC(C)C[C@H](NC(=O)N/N=C(/NC(=O)c1ccncc1)NN1CCCC1)C(N)=O. The molecule has 1 aromatic rings. The van der Waals surface area contributed by atoms with Crippen molar-refractivity contribution in [2.45, 2.75) is 39.2 Å². The molecule has 0 aliphatic carbocycles. The second kappa shape index (κ2) is 11.0. The maximum Gasteiger partial charge on any atom is 0.335 e. The van der Waals surface area contributed by atoms with Gasteiger partial charge < -0.3 is 11.1 Å². The number of guanidine groups is 1. The van der Waals surface area contributed by atoms with Gasteiger partial charge in [0.15, 0.2) is 0 Å². The number of primary amides is 1. The first kappa shape index (κ1) is 22.1. The second-order valence-corrected chi connectivity index (χ2v) is 7.13. The van der Waals surface area contributed by atoms with Crippen molar-refractivity contribution in [3.05, 3.63) is 30.1 Å². The standard InChI is InChI=1S/C18H28N8O3/c1-12(2)11-14(15(19)27)21-18(29)24-23-17(25-26-9-3-4-10-26)22-16(28)13-5-7-20-8-6-13/h5-8,12,14H,3-4,9-11H2,1-2H3,(H2,19,27)(H2,21,24,29)(H2,22,23,25,28)/t14-/m0/s1. The second-order valence-electron chi connectivity index (χ2n) is 7.13. The van der Waals surface area contributed by atoms with Crippen LogP contribution < -0.4 is 27.2 Å². The maximum absolute atomic E-state index is 12.4. The number of nitrogens with two attached hydrogens (primary N) is 1. The van der Waals surface area contributed by atoms with E-state index in [4.69, 9.17) is 5.73 Å². The monoisotopic (exact) mass is 404 g/mol. The molecular weight excluding hydrogens is 376 g/mol. The summed E-state index contributed by atoms with van der Waals surface area (Å²) in [6, 6.07) is 1.61. The number of aromatic nitrogens is 1. The zero-order valence-electron chi connectivity index (χ0n) is 16.6. The number of pyridine rings is 1. The number of hydrogen-bond donors (Lipinski definition) is 5. The minimum Gasteiger partial charge on any atom is -0.368 e. The van der Waals surface area contributed by atoms with Crippen LogP contribution in [0.1, 0.15) is 43.5 Å². The molecule has 11 nitrogen and oxygen atoms in total. The predicted octanol–water partition coefficient (Wildman–Crippen LogP) is -0.118. The smallest absolute Gasteiger partial charge is 0.335 e. The third-order valence-corrected chi connectivity index (χ3v) is 4.17. The molecule has 1 saturated heterocycles. The van der Waals surface area contributed by atoms with Gasteiger partial charge in [-0.1, -0.05) is 13.8 Å². The van der Waals surface area contributed by atoms with Crippen LogP contribution in [0.4, 0.5) is 4.79 Å². The van der Waals surface area contributed by atoms with Crippen LogP contribution in [0, 0.1) is 5.92 Å². The summed E-state index contributed by atoms with van der Waals surface area (Å²) in [5, 5.41) is 10.9. The van der Waals surface area contributed by atoms with Crippen molar-refractivity contribution in [2.75, 3.05) is 13.1 Å². The molecule has 4 amide bonds. The molecule has 0 bridgehead atoms. The van der Waals surface area contributed by atoms with Gasteiger partial charge >= 0.3 is 6.03 Å². The van der Waals surface area contributed by atoms with Gasteiger partial charge in [0.25, 0.3) is 5.91 Å². The van der Waals surface area contributed by atoms with Gasteiger partial charge in [-0.15, -0.1) is 5.10 Å². The minimum absolute atomic E-state index is 0.0587. The lowest BCUT2D eigenvalue weighted by molar-refractivity contribution is -0.120. The predicted molar refractivity (Wildman–Crippen MR) is 107 cm³/mol. The van der Waals surface area contributed by atoms with Crippen LogP contribution in [0.15, 0.2) is 29.6 Å². The Morgan fingerprint density at radius 2 is 1.86 bits per heavy atom. The summed E-state index contributed by atoms with van der Waals surface area (Å²) in [5.41, 5.74) is 11.0. The summed E-state index contributed by atoms with van der Waals surface area (Å²) in [6.07, 6.45) is 5.45. The summed E-state index contributed by atoms with van der Waals surface area (Å²) in [7, 11) is 0.